The van der Waals surface area contributed by atoms with Crippen molar-refractivity contribution in [3.05, 3.63) is 65.7 Å². The zero-order valence-corrected chi connectivity index (χ0v) is 14.3. The molecule has 2 rings (SSSR count). The van der Waals surface area contributed by atoms with Crippen LogP contribution in [0.25, 0.3) is 0 Å². The van der Waals surface area contributed by atoms with E-state index in [-0.39, 0.29) is 11.4 Å². The molecule has 2 aromatic rings. The topological polar surface area (TPSA) is 38.3 Å². The molecule has 1 atom stereocenters. The number of ether oxygens (including phenoxy) is 1. The lowest BCUT2D eigenvalue weighted by atomic mass is 9.94. The van der Waals surface area contributed by atoms with Crippen molar-refractivity contribution in [2.75, 3.05) is 0 Å². The molecule has 0 unspecified atom stereocenters. The lowest BCUT2D eigenvalue weighted by molar-refractivity contribution is -0.128. The molecule has 1 N–H and O–H groups in total. The molecule has 23 heavy (non-hydrogen) atoms. The molecule has 0 spiro atoms. The van der Waals surface area contributed by atoms with Crippen LogP contribution in [-0.2, 0) is 11.2 Å². The minimum absolute atomic E-state index is 0.104. The molecule has 0 aliphatic carbocycles. The second kappa shape index (κ2) is 7.32. The van der Waals surface area contributed by atoms with Crippen LogP contribution in [0, 0.1) is 6.92 Å². The molecular weight excluding hydrogens is 286 g/mol. The number of hydrogen-bond donors (Lipinski definition) is 1. The van der Waals surface area contributed by atoms with Crippen molar-refractivity contribution >= 4 is 5.91 Å². The average Bonchev–Trinajstić information content (AvgIpc) is 2.47. The minimum Gasteiger partial charge on any atom is -0.481 e. The maximum atomic E-state index is 12.4. The standard InChI is InChI=1S/C20H25NO2/c1-15-9-8-12-18(13-15)23-16(2)19(22)21-20(3,4)14-17-10-6-5-7-11-17/h5-13,16H,14H2,1-4H3,(H,21,22)/t16-/m1/s1. The Bertz CT molecular complexity index is 650. The minimum atomic E-state index is -0.535. The Balaban J connectivity index is 1.94. The first-order chi connectivity index (χ1) is 10.9. The van der Waals surface area contributed by atoms with E-state index < -0.39 is 6.10 Å². The average molecular weight is 311 g/mol. The fraction of sp³-hybridized carbons (Fsp3) is 0.350. The summed E-state index contributed by atoms with van der Waals surface area (Å²) in [6.45, 7) is 7.82. The van der Waals surface area contributed by atoms with Gasteiger partial charge in [0.1, 0.15) is 5.75 Å². The van der Waals surface area contributed by atoms with Gasteiger partial charge in [0.25, 0.3) is 5.91 Å². The van der Waals surface area contributed by atoms with Gasteiger partial charge in [0.2, 0.25) is 0 Å². The highest BCUT2D eigenvalue weighted by Crippen LogP contribution is 2.16. The first-order valence-corrected chi connectivity index (χ1v) is 7.95. The van der Waals surface area contributed by atoms with E-state index in [4.69, 9.17) is 4.74 Å². The number of benzene rings is 2. The number of amides is 1. The number of carbonyl (C=O) groups is 1. The van der Waals surface area contributed by atoms with Gasteiger partial charge < -0.3 is 10.1 Å². The lowest BCUT2D eigenvalue weighted by Gasteiger charge is -2.28. The highest BCUT2D eigenvalue weighted by molar-refractivity contribution is 5.81. The highest BCUT2D eigenvalue weighted by Gasteiger charge is 2.24. The van der Waals surface area contributed by atoms with E-state index in [0.29, 0.717) is 5.75 Å². The summed E-state index contributed by atoms with van der Waals surface area (Å²) in [5, 5.41) is 3.08. The van der Waals surface area contributed by atoms with E-state index in [1.807, 2.05) is 63.2 Å². The van der Waals surface area contributed by atoms with Gasteiger partial charge in [-0.15, -0.1) is 0 Å². The summed E-state index contributed by atoms with van der Waals surface area (Å²) in [7, 11) is 0. The summed E-state index contributed by atoms with van der Waals surface area (Å²) >= 11 is 0. The molecule has 3 heteroatoms. The molecule has 122 valence electrons. The number of nitrogens with one attached hydrogen (secondary N) is 1. The second-order valence-corrected chi connectivity index (χ2v) is 6.61. The van der Waals surface area contributed by atoms with Crippen molar-refractivity contribution in [1.82, 2.24) is 5.32 Å². The third-order valence-corrected chi connectivity index (χ3v) is 3.62. The van der Waals surface area contributed by atoms with Gasteiger partial charge in [-0.3, -0.25) is 4.79 Å². The molecule has 0 aromatic heterocycles. The Morgan fingerprint density at radius 2 is 1.83 bits per heavy atom. The molecule has 0 saturated heterocycles. The van der Waals surface area contributed by atoms with E-state index in [0.717, 1.165) is 12.0 Å². The molecule has 0 bridgehead atoms. The van der Waals surface area contributed by atoms with E-state index in [1.54, 1.807) is 6.92 Å². The van der Waals surface area contributed by atoms with Crippen molar-refractivity contribution in [3.8, 4) is 5.75 Å². The normalized spacial score (nSPS) is 12.5. The van der Waals surface area contributed by atoms with Gasteiger partial charge >= 0.3 is 0 Å². The van der Waals surface area contributed by atoms with Gasteiger partial charge in [0.05, 0.1) is 0 Å². The molecule has 0 radical (unpaired) electrons. The van der Waals surface area contributed by atoms with Crippen molar-refractivity contribution in [2.24, 2.45) is 0 Å². The summed E-state index contributed by atoms with van der Waals surface area (Å²) in [6, 6.07) is 17.9. The largest absolute Gasteiger partial charge is 0.481 e. The maximum Gasteiger partial charge on any atom is 0.261 e. The van der Waals surface area contributed by atoms with Crippen LogP contribution in [0.15, 0.2) is 54.6 Å². The Labute approximate surface area is 138 Å². The first kappa shape index (κ1) is 17.1. The zero-order valence-electron chi connectivity index (χ0n) is 14.3. The molecule has 0 aliphatic rings. The van der Waals surface area contributed by atoms with Gasteiger partial charge in [0.15, 0.2) is 6.10 Å². The summed E-state index contributed by atoms with van der Waals surface area (Å²) in [6.07, 6.45) is 0.239. The third kappa shape index (κ3) is 5.44. The van der Waals surface area contributed by atoms with E-state index in [9.17, 15) is 4.79 Å². The Hall–Kier alpha value is -2.29. The van der Waals surface area contributed by atoms with Crippen molar-refractivity contribution in [1.29, 1.82) is 0 Å². The van der Waals surface area contributed by atoms with Crippen LogP contribution < -0.4 is 10.1 Å². The molecule has 2 aromatic carbocycles. The molecule has 0 saturated carbocycles. The molecule has 0 fully saturated rings. The fourth-order valence-corrected chi connectivity index (χ4v) is 2.53. The van der Waals surface area contributed by atoms with Crippen LogP contribution in [0.2, 0.25) is 0 Å². The number of hydrogen-bond acceptors (Lipinski definition) is 2. The smallest absolute Gasteiger partial charge is 0.261 e. The maximum absolute atomic E-state index is 12.4. The SMILES string of the molecule is Cc1cccc(O[C@H](C)C(=O)NC(C)(C)Cc2ccccc2)c1. The molecule has 3 nitrogen and oxygen atoms in total. The predicted molar refractivity (Wildman–Crippen MR) is 93.6 cm³/mol. The molecular formula is C20H25NO2. The third-order valence-electron chi connectivity index (χ3n) is 3.62. The summed E-state index contributed by atoms with van der Waals surface area (Å²) in [4.78, 5) is 12.4. The number of rotatable bonds is 6. The predicted octanol–water partition coefficient (Wildman–Crippen LogP) is 3.90. The van der Waals surface area contributed by atoms with E-state index in [1.165, 1.54) is 5.56 Å². The van der Waals surface area contributed by atoms with Gasteiger partial charge in [-0.25, -0.2) is 0 Å². The van der Waals surface area contributed by atoms with Crippen LogP contribution >= 0.6 is 0 Å². The van der Waals surface area contributed by atoms with Crippen LogP contribution in [0.1, 0.15) is 31.9 Å². The van der Waals surface area contributed by atoms with E-state index in [2.05, 4.69) is 17.4 Å². The summed E-state index contributed by atoms with van der Waals surface area (Å²) < 4.78 is 5.74. The number of aryl methyl sites for hydroxylation is 1. The second-order valence-electron chi connectivity index (χ2n) is 6.61. The molecule has 1 amide bonds. The van der Waals surface area contributed by atoms with Gasteiger partial charge in [-0.1, -0.05) is 42.5 Å². The van der Waals surface area contributed by atoms with Crippen LogP contribution in [0.4, 0.5) is 0 Å². The van der Waals surface area contributed by atoms with Crippen LogP contribution in [0.5, 0.6) is 5.75 Å². The van der Waals surface area contributed by atoms with Crippen LogP contribution in [0.3, 0.4) is 0 Å². The Morgan fingerprint density at radius 1 is 1.13 bits per heavy atom. The fourth-order valence-electron chi connectivity index (χ4n) is 2.53. The zero-order chi connectivity index (χ0) is 16.9. The Kier molecular flexibility index (Phi) is 5.43. The number of carbonyl (C=O) groups excluding carboxylic acids is 1. The highest BCUT2D eigenvalue weighted by atomic mass is 16.5. The molecule has 0 heterocycles. The monoisotopic (exact) mass is 311 g/mol. The summed E-state index contributed by atoms with van der Waals surface area (Å²) in [5.41, 5.74) is 1.98. The van der Waals surface area contributed by atoms with Gasteiger partial charge in [-0.2, -0.15) is 0 Å². The summed E-state index contributed by atoms with van der Waals surface area (Å²) in [5.74, 6) is 0.612. The van der Waals surface area contributed by atoms with Crippen molar-refractivity contribution in [3.63, 3.8) is 0 Å². The first-order valence-electron chi connectivity index (χ1n) is 7.95. The molecule has 0 aliphatic heterocycles. The van der Waals surface area contributed by atoms with Crippen molar-refractivity contribution < 1.29 is 9.53 Å². The van der Waals surface area contributed by atoms with Crippen LogP contribution in [-0.4, -0.2) is 17.6 Å². The van der Waals surface area contributed by atoms with Crippen molar-refractivity contribution in [2.45, 2.75) is 45.8 Å². The van der Waals surface area contributed by atoms with Gasteiger partial charge in [-0.05, 0) is 57.4 Å². The Morgan fingerprint density at radius 3 is 2.48 bits per heavy atom. The lowest BCUT2D eigenvalue weighted by Crippen LogP contribution is -2.49. The van der Waals surface area contributed by atoms with E-state index >= 15 is 0 Å². The van der Waals surface area contributed by atoms with Gasteiger partial charge in [0, 0.05) is 5.54 Å². The quantitative estimate of drug-likeness (QED) is 0.878.